The zero-order chi connectivity index (χ0) is 23.3. The first-order valence-corrected chi connectivity index (χ1v) is 10.7. The molecule has 0 unspecified atom stereocenters. The highest BCUT2D eigenvalue weighted by Crippen LogP contribution is 2.38. The van der Waals surface area contributed by atoms with Crippen LogP contribution in [0.25, 0.3) is 0 Å². The number of halogens is 2. The third kappa shape index (κ3) is 4.09. The molecule has 1 aromatic heterocycles. The van der Waals surface area contributed by atoms with Crippen LogP contribution in [0.1, 0.15) is 49.3 Å². The molecule has 2 N–H and O–H groups in total. The molecule has 1 atom stereocenters. The maximum absolute atomic E-state index is 14.9. The summed E-state index contributed by atoms with van der Waals surface area (Å²) in [6.07, 6.45) is 1.06. The molecule has 2 aromatic rings. The van der Waals surface area contributed by atoms with E-state index < -0.39 is 16.8 Å². The van der Waals surface area contributed by atoms with Gasteiger partial charge in [-0.1, -0.05) is 23.7 Å². The zero-order valence-corrected chi connectivity index (χ0v) is 19.1. The average molecular weight is 462 g/mol. The highest BCUT2D eigenvalue weighted by molar-refractivity contribution is 6.30. The normalized spacial score (nSPS) is 20.8. The molecule has 2 aliphatic rings. The van der Waals surface area contributed by atoms with Crippen LogP contribution in [0.4, 0.5) is 15.1 Å². The molecule has 4 rings (SSSR count). The van der Waals surface area contributed by atoms with Gasteiger partial charge in [0.05, 0.1) is 27.7 Å². The molecule has 1 saturated heterocycles. The van der Waals surface area contributed by atoms with Crippen LogP contribution in [-0.2, 0) is 10.2 Å². The van der Waals surface area contributed by atoms with Gasteiger partial charge in [0, 0.05) is 31.4 Å². The summed E-state index contributed by atoms with van der Waals surface area (Å²) in [6, 6.07) is 4.73. The number of benzene rings is 1. The fraction of sp³-hybridized carbons (Fsp3) is 0.455. The maximum Gasteiger partial charge on any atom is 0.410 e. The Kier molecular flexibility index (Phi) is 5.48. The SMILES string of the molecule is CC(C)(C)OC(=O)N1CC(Nc2ncc3c(n2)[C@](C)(c2cccc(Cl)c2F)CNC3=O)C1. The number of hydrogen-bond donors (Lipinski definition) is 2. The minimum atomic E-state index is -0.931. The van der Waals surface area contributed by atoms with Crippen molar-refractivity contribution in [2.24, 2.45) is 0 Å². The predicted octanol–water partition coefficient (Wildman–Crippen LogP) is 3.35. The van der Waals surface area contributed by atoms with Crippen molar-refractivity contribution < 1.29 is 18.7 Å². The molecule has 8 nitrogen and oxygen atoms in total. The first-order valence-electron chi connectivity index (χ1n) is 10.3. The Bertz CT molecular complexity index is 1080. The van der Waals surface area contributed by atoms with Gasteiger partial charge in [0.25, 0.3) is 5.91 Å². The molecule has 0 spiro atoms. The molecule has 0 bridgehead atoms. The van der Waals surface area contributed by atoms with Gasteiger partial charge >= 0.3 is 6.09 Å². The maximum atomic E-state index is 14.9. The lowest BCUT2D eigenvalue weighted by atomic mass is 9.75. The smallest absolute Gasteiger partial charge is 0.410 e. The van der Waals surface area contributed by atoms with Gasteiger partial charge in [-0.3, -0.25) is 4.79 Å². The third-order valence-corrected chi connectivity index (χ3v) is 5.86. The minimum Gasteiger partial charge on any atom is -0.444 e. The number of rotatable bonds is 3. The second-order valence-electron chi connectivity index (χ2n) is 9.30. The lowest BCUT2D eigenvalue weighted by Gasteiger charge is -2.40. The lowest BCUT2D eigenvalue weighted by molar-refractivity contribution is 0.0104. The van der Waals surface area contributed by atoms with Gasteiger partial charge in [-0.2, -0.15) is 0 Å². The number of amides is 2. The van der Waals surface area contributed by atoms with Gasteiger partial charge in [0.2, 0.25) is 5.95 Å². The van der Waals surface area contributed by atoms with E-state index in [0.29, 0.717) is 30.3 Å². The van der Waals surface area contributed by atoms with Crippen LogP contribution in [-0.4, -0.2) is 58.1 Å². The first-order chi connectivity index (χ1) is 15.0. The topological polar surface area (TPSA) is 96.4 Å². The molecule has 2 amide bonds. The van der Waals surface area contributed by atoms with E-state index in [1.54, 1.807) is 17.0 Å². The molecule has 0 aliphatic carbocycles. The summed E-state index contributed by atoms with van der Waals surface area (Å²) in [5, 5.41) is 5.98. The Labute approximate surface area is 190 Å². The second kappa shape index (κ2) is 7.88. The van der Waals surface area contributed by atoms with Crippen molar-refractivity contribution in [2.45, 2.75) is 44.8 Å². The monoisotopic (exact) mass is 461 g/mol. The van der Waals surface area contributed by atoms with Crippen LogP contribution in [0.15, 0.2) is 24.4 Å². The number of ether oxygens (including phenoxy) is 1. The second-order valence-corrected chi connectivity index (χ2v) is 9.71. The average Bonchev–Trinajstić information content (AvgIpc) is 2.68. The number of aromatic nitrogens is 2. The molecule has 32 heavy (non-hydrogen) atoms. The van der Waals surface area contributed by atoms with E-state index in [0.717, 1.165) is 0 Å². The van der Waals surface area contributed by atoms with E-state index in [-0.39, 0.29) is 35.2 Å². The van der Waals surface area contributed by atoms with E-state index in [1.807, 2.05) is 27.7 Å². The zero-order valence-electron chi connectivity index (χ0n) is 18.3. The third-order valence-electron chi connectivity index (χ3n) is 5.57. The van der Waals surface area contributed by atoms with Crippen molar-refractivity contribution in [3.63, 3.8) is 0 Å². The van der Waals surface area contributed by atoms with Crippen LogP contribution in [0.5, 0.6) is 0 Å². The Hall–Kier alpha value is -2.94. The minimum absolute atomic E-state index is 0.00582. The summed E-state index contributed by atoms with van der Waals surface area (Å²) < 4.78 is 20.2. The number of anilines is 1. The van der Waals surface area contributed by atoms with Gasteiger partial charge in [-0.05, 0) is 33.8 Å². The van der Waals surface area contributed by atoms with Gasteiger partial charge in [0.1, 0.15) is 11.4 Å². The van der Waals surface area contributed by atoms with Crippen LogP contribution >= 0.6 is 11.6 Å². The van der Waals surface area contributed by atoms with Crippen LogP contribution in [0.3, 0.4) is 0 Å². The standard InChI is InChI=1S/C22H25ClFN5O3/c1-21(2,3)32-20(31)29-9-12(10-29)27-19-25-8-13-17(28-19)22(4,11-26-18(13)30)14-6-5-7-15(23)16(14)24/h5-8,12H,9-11H2,1-4H3,(H,26,30)(H,25,27,28)/t22-/m0/s1. The summed E-state index contributed by atoms with van der Waals surface area (Å²) in [5.41, 5.74) is -0.441. The summed E-state index contributed by atoms with van der Waals surface area (Å²) in [7, 11) is 0. The summed E-state index contributed by atoms with van der Waals surface area (Å²) in [5.74, 6) is -0.550. The number of fused-ring (bicyclic) bond motifs is 1. The molecule has 1 fully saturated rings. The number of hydrogen-bond acceptors (Lipinski definition) is 6. The van der Waals surface area contributed by atoms with Gasteiger partial charge in [-0.25, -0.2) is 19.2 Å². The molecule has 10 heteroatoms. The Morgan fingerprint density at radius 1 is 1.38 bits per heavy atom. The Balaban J connectivity index is 1.56. The van der Waals surface area contributed by atoms with E-state index >= 15 is 0 Å². The van der Waals surface area contributed by atoms with Crippen LogP contribution < -0.4 is 10.6 Å². The molecule has 0 saturated carbocycles. The van der Waals surface area contributed by atoms with E-state index in [4.69, 9.17) is 16.3 Å². The summed E-state index contributed by atoms with van der Waals surface area (Å²) >= 11 is 6.01. The Morgan fingerprint density at radius 3 is 2.78 bits per heavy atom. The lowest BCUT2D eigenvalue weighted by Crippen LogP contribution is -2.58. The quantitative estimate of drug-likeness (QED) is 0.727. The van der Waals surface area contributed by atoms with Crippen LogP contribution in [0, 0.1) is 5.82 Å². The van der Waals surface area contributed by atoms with Crippen molar-refractivity contribution in [2.75, 3.05) is 25.0 Å². The van der Waals surface area contributed by atoms with Gasteiger partial charge < -0.3 is 20.3 Å². The molecule has 1 aromatic carbocycles. The van der Waals surface area contributed by atoms with E-state index in [1.165, 1.54) is 12.3 Å². The molecule has 170 valence electrons. The number of nitrogens with one attached hydrogen (secondary N) is 2. The molecule has 2 aliphatic heterocycles. The Morgan fingerprint density at radius 2 is 2.09 bits per heavy atom. The number of carbonyl (C=O) groups excluding carboxylic acids is 2. The predicted molar refractivity (Wildman–Crippen MR) is 117 cm³/mol. The van der Waals surface area contributed by atoms with Crippen LogP contribution in [0.2, 0.25) is 5.02 Å². The molecule has 0 radical (unpaired) electrons. The van der Waals surface area contributed by atoms with Crippen molar-refractivity contribution in [3.8, 4) is 0 Å². The highest BCUT2D eigenvalue weighted by Gasteiger charge is 2.42. The number of nitrogens with zero attached hydrogens (tertiary/aromatic N) is 3. The first kappa shape index (κ1) is 22.3. The van der Waals surface area contributed by atoms with Gasteiger partial charge in [-0.15, -0.1) is 0 Å². The van der Waals surface area contributed by atoms with Crippen molar-refractivity contribution in [1.29, 1.82) is 0 Å². The van der Waals surface area contributed by atoms with E-state index in [2.05, 4.69) is 20.6 Å². The van der Waals surface area contributed by atoms with Crippen molar-refractivity contribution in [1.82, 2.24) is 20.2 Å². The molecular weight excluding hydrogens is 437 g/mol. The highest BCUT2D eigenvalue weighted by atomic mass is 35.5. The van der Waals surface area contributed by atoms with Gasteiger partial charge in [0.15, 0.2) is 0 Å². The fourth-order valence-electron chi connectivity index (χ4n) is 3.85. The largest absolute Gasteiger partial charge is 0.444 e. The molecular formula is C22H25ClFN5O3. The summed E-state index contributed by atoms with van der Waals surface area (Å²) in [4.78, 5) is 34.9. The van der Waals surface area contributed by atoms with E-state index in [9.17, 15) is 14.0 Å². The summed E-state index contributed by atoms with van der Waals surface area (Å²) in [6.45, 7) is 8.31. The number of carbonyl (C=O) groups is 2. The fourth-order valence-corrected chi connectivity index (χ4v) is 4.03. The van der Waals surface area contributed by atoms with Crippen molar-refractivity contribution >= 4 is 29.5 Å². The number of likely N-dealkylation sites (tertiary alicyclic amines) is 1. The van der Waals surface area contributed by atoms with Crippen molar-refractivity contribution in [3.05, 3.63) is 52.1 Å². The molecule has 3 heterocycles.